The monoisotopic (exact) mass is 288 g/mol. The average Bonchev–Trinajstić information content (AvgIpc) is 2.51. The summed E-state index contributed by atoms with van der Waals surface area (Å²) < 4.78 is 12.6. The Hall–Kier alpha value is -2.27. The maximum atomic E-state index is 11.6. The van der Waals surface area contributed by atoms with Crippen LogP contribution in [0.5, 0.6) is 11.5 Å². The van der Waals surface area contributed by atoms with E-state index in [1.54, 1.807) is 23.9 Å². The molecule has 0 fully saturated rings. The molecule has 1 aromatic heterocycles. The summed E-state index contributed by atoms with van der Waals surface area (Å²) in [4.78, 5) is 11.6. The second-order valence-electron chi connectivity index (χ2n) is 4.59. The van der Waals surface area contributed by atoms with Crippen LogP contribution < -0.4 is 20.8 Å². The molecule has 0 amide bonds. The van der Waals surface area contributed by atoms with Gasteiger partial charge in [-0.15, -0.1) is 0 Å². The lowest BCUT2D eigenvalue weighted by molar-refractivity contribution is 0.291. The van der Waals surface area contributed by atoms with Crippen LogP contribution in [-0.2, 0) is 13.0 Å². The van der Waals surface area contributed by atoms with Gasteiger partial charge in [-0.1, -0.05) is 12.1 Å². The SMILES string of the molecule is COc1ccc(CCN)c(OCCn2ccccc2=O)c1. The van der Waals surface area contributed by atoms with E-state index in [-0.39, 0.29) is 5.56 Å². The molecule has 2 rings (SSSR count). The first kappa shape index (κ1) is 15.1. The molecule has 1 heterocycles. The van der Waals surface area contributed by atoms with Crippen molar-refractivity contribution in [2.24, 2.45) is 5.73 Å². The van der Waals surface area contributed by atoms with Gasteiger partial charge in [0.2, 0.25) is 0 Å². The summed E-state index contributed by atoms with van der Waals surface area (Å²) in [6, 6.07) is 10.8. The topological polar surface area (TPSA) is 66.5 Å². The number of benzene rings is 1. The fourth-order valence-electron chi connectivity index (χ4n) is 2.06. The van der Waals surface area contributed by atoms with E-state index in [0.717, 1.165) is 23.5 Å². The third-order valence-electron chi connectivity index (χ3n) is 3.18. The summed E-state index contributed by atoms with van der Waals surface area (Å²) >= 11 is 0. The highest BCUT2D eigenvalue weighted by molar-refractivity contribution is 5.41. The first-order valence-electron chi connectivity index (χ1n) is 6.90. The van der Waals surface area contributed by atoms with Gasteiger partial charge < -0.3 is 19.8 Å². The number of rotatable bonds is 7. The van der Waals surface area contributed by atoms with Gasteiger partial charge in [-0.2, -0.15) is 0 Å². The van der Waals surface area contributed by atoms with Crippen molar-refractivity contribution in [2.75, 3.05) is 20.3 Å². The van der Waals surface area contributed by atoms with Crippen molar-refractivity contribution in [3.8, 4) is 11.5 Å². The van der Waals surface area contributed by atoms with E-state index in [0.29, 0.717) is 19.7 Å². The Labute approximate surface area is 123 Å². The number of ether oxygens (including phenoxy) is 2. The lowest BCUT2D eigenvalue weighted by Crippen LogP contribution is -2.21. The number of hydrogen-bond acceptors (Lipinski definition) is 4. The Balaban J connectivity index is 2.04. The first-order valence-corrected chi connectivity index (χ1v) is 6.90. The van der Waals surface area contributed by atoms with Crippen LogP contribution >= 0.6 is 0 Å². The molecule has 0 aliphatic rings. The molecule has 2 aromatic rings. The van der Waals surface area contributed by atoms with Crippen LogP contribution in [0, 0.1) is 0 Å². The van der Waals surface area contributed by atoms with Crippen LogP contribution in [0.4, 0.5) is 0 Å². The highest BCUT2D eigenvalue weighted by Gasteiger charge is 2.06. The van der Waals surface area contributed by atoms with Gasteiger partial charge in [-0.25, -0.2) is 0 Å². The molecule has 0 spiro atoms. The standard InChI is InChI=1S/C16H20N2O3/c1-20-14-6-5-13(7-8-17)15(12-14)21-11-10-18-9-3-2-4-16(18)19/h2-6,9,12H,7-8,10-11,17H2,1H3. The summed E-state index contributed by atoms with van der Waals surface area (Å²) in [5, 5.41) is 0. The molecular formula is C16H20N2O3. The normalized spacial score (nSPS) is 10.4. The maximum absolute atomic E-state index is 11.6. The minimum Gasteiger partial charge on any atom is -0.497 e. The maximum Gasteiger partial charge on any atom is 0.250 e. The van der Waals surface area contributed by atoms with Crippen molar-refractivity contribution in [3.63, 3.8) is 0 Å². The quantitative estimate of drug-likeness (QED) is 0.837. The molecule has 21 heavy (non-hydrogen) atoms. The van der Waals surface area contributed by atoms with E-state index < -0.39 is 0 Å². The van der Waals surface area contributed by atoms with Crippen LogP contribution in [0.3, 0.4) is 0 Å². The zero-order valence-electron chi connectivity index (χ0n) is 12.1. The molecule has 0 saturated heterocycles. The van der Waals surface area contributed by atoms with Gasteiger partial charge in [0.25, 0.3) is 5.56 Å². The summed E-state index contributed by atoms with van der Waals surface area (Å²) in [7, 11) is 1.62. The molecule has 0 bridgehead atoms. The predicted octanol–water partition coefficient (Wildman–Crippen LogP) is 1.44. The molecule has 0 saturated carbocycles. The Morgan fingerprint density at radius 1 is 1.24 bits per heavy atom. The first-order chi connectivity index (χ1) is 10.2. The smallest absolute Gasteiger partial charge is 0.250 e. The van der Waals surface area contributed by atoms with Crippen molar-refractivity contribution in [1.82, 2.24) is 4.57 Å². The fourth-order valence-corrected chi connectivity index (χ4v) is 2.06. The lowest BCUT2D eigenvalue weighted by Gasteiger charge is -2.13. The molecule has 0 unspecified atom stereocenters. The van der Waals surface area contributed by atoms with Gasteiger partial charge in [0.1, 0.15) is 18.1 Å². The van der Waals surface area contributed by atoms with Gasteiger partial charge in [-0.05, 0) is 30.7 Å². The van der Waals surface area contributed by atoms with Crippen LogP contribution in [0.2, 0.25) is 0 Å². The van der Waals surface area contributed by atoms with Crippen molar-refractivity contribution in [1.29, 1.82) is 0 Å². The summed E-state index contributed by atoms with van der Waals surface area (Å²) in [6.45, 7) is 1.47. The highest BCUT2D eigenvalue weighted by atomic mass is 16.5. The molecular weight excluding hydrogens is 268 g/mol. The largest absolute Gasteiger partial charge is 0.497 e. The Bertz CT molecular complexity index is 637. The van der Waals surface area contributed by atoms with E-state index in [9.17, 15) is 4.79 Å². The second kappa shape index (κ2) is 7.50. The third-order valence-corrected chi connectivity index (χ3v) is 3.18. The van der Waals surface area contributed by atoms with E-state index in [1.807, 2.05) is 24.3 Å². The Morgan fingerprint density at radius 2 is 2.10 bits per heavy atom. The number of methoxy groups -OCH3 is 1. The fraction of sp³-hybridized carbons (Fsp3) is 0.312. The van der Waals surface area contributed by atoms with Gasteiger partial charge in [0.05, 0.1) is 13.7 Å². The molecule has 0 radical (unpaired) electrons. The van der Waals surface area contributed by atoms with E-state index in [4.69, 9.17) is 15.2 Å². The van der Waals surface area contributed by atoms with Gasteiger partial charge in [-0.3, -0.25) is 4.79 Å². The van der Waals surface area contributed by atoms with Crippen LogP contribution in [0.25, 0.3) is 0 Å². The van der Waals surface area contributed by atoms with Crippen molar-refractivity contribution in [3.05, 3.63) is 58.5 Å². The summed E-state index contributed by atoms with van der Waals surface area (Å²) in [6.07, 6.45) is 2.49. The van der Waals surface area contributed by atoms with Crippen molar-refractivity contribution >= 4 is 0 Å². The molecule has 0 aliphatic carbocycles. The molecule has 5 heteroatoms. The van der Waals surface area contributed by atoms with Crippen molar-refractivity contribution < 1.29 is 9.47 Å². The number of hydrogen-bond donors (Lipinski definition) is 1. The lowest BCUT2D eigenvalue weighted by atomic mass is 10.1. The summed E-state index contributed by atoms with van der Waals surface area (Å²) in [5.41, 5.74) is 6.61. The number of nitrogens with zero attached hydrogens (tertiary/aromatic N) is 1. The minimum atomic E-state index is -0.0334. The third kappa shape index (κ3) is 4.10. The average molecular weight is 288 g/mol. The molecule has 5 nitrogen and oxygen atoms in total. The highest BCUT2D eigenvalue weighted by Crippen LogP contribution is 2.25. The van der Waals surface area contributed by atoms with Gasteiger partial charge in [0.15, 0.2) is 0 Å². The predicted molar refractivity (Wildman–Crippen MR) is 81.9 cm³/mol. The molecule has 1 aromatic carbocycles. The van der Waals surface area contributed by atoms with Gasteiger partial charge >= 0.3 is 0 Å². The van der Waals surface area contributed by atoms with Crippen LogP contribution in [0.1, 0.15) is 5.56 Å². The number of nitrogens with two attached hydrogens (primary N) is 1. The van der Waals surface area contributed by atoms with Crippen LogP contribution in [-0.4, -0.2) is 24.8 Å². The zero-order valence-corrected chi connectivity index (χ0v) is 12.1. The Morgan fingerprint density at radius 3 is 2.81 bits per heavy atom. The van der Waals surface area contributed by atoms with Crippen molar-refractivity contribution in [2.45, 2.75) is 13.0 Å². The number of aromatic nitrogens is 1. The van der Waals surface area contributed by atoms with Gasteiger partial charge in [0, 0.05) is 18.3 Å². The Kier molecular flexibility index (Phi) is 5.40. The van der Waals surface area contributed by atoms with E-state index in [2.05, 4.69) is 0 Å². The second-order valence-corrected chi connectivity index (χ2v) is 4.59. The molecule has 0 aliphatic heterocycles. The van der Waals surface area contributed by atoms with E-state index in [1.165, 1.54) is 6.07 Å². The molecule has 2 N–H and O–H groups in total. The van der Waals surface area contributed by atoms with Crippen LogP contribution in [0.15, 0.2) is 47.4 Å². The van der Waals surface area contributed by atoms with E-state index >= 15 is 0 Å². The molecule has 0 atom stereocenters. The number of pyridine rings is 1. The molecule has 112 valence electrons. The minimum absolute atomic E-state index is 0.0334. The zero-order chi connectivity index (χ0) is 15.1. The summed E-state index contributed by atoms with van der Waals surface area (Å²) in [5.74, 6) is 1.49.